The van der Waals surface area contributed by atoms with E-state index in [0.29, 0.717) is 23.0 Å². The van der Waals surface area contributed by atoms with E-state index in [1.54, 1.807) is 0 Å². The van der Waals surface area contributed by atoms with Gasteiger partial charge in [0.1, 0.15) is 51.7 Å². The van der Waals surface area contributed by atoms with Crippen LogP contribution in [0.25, 0.3) is 0 Å². The van der Waals surface area contributed by atoms with E-state index in [1.807, 2.05) is 6.92 Å². The summed E-state index contributed by atoms with van der Waals surface area (Å²) in [5, 5.41) is -0.183. The van der Waals surface area contributed by atoms with Crippen LogP contribution in [0.4, 0.5) is 4.79 Å². The van der Waals surface area contributed by atoms with E-state index in [2.05, 4.69) is 88.4 Å². The fourth-order valence-electron chi connectivity index (χ4n) is 3.37. The molecule has 0 saturated heterocycles. The van der Waals surface area contributed by atoms with Crippen molar-refractivity contribution in [2.24, 2.45) is 10.8 Å². The van der Waals surface area contributed by atoms with Gasteiger partial charge in [-0.1, -0.05) is 6.92 Å². The molecule has 0 aromatic heterocycles. The van der Waals surface area contributed by atoms with Gasteiger partial charge in [0, 0.05) is 39.6 Å². The maximum atomic E-state index is 11.8. The van der Waals surface area contributed by atoms with Crippen LogP contribution in [0.15, 0.2) is 0 Å². The maximum absolute atomic E-state index is 11.8. The quantitative estimate of drug-likeness (QED) is 0.0255. The highest BCUT2D eigenvalue weighted by atomic mass is 32.2. The van der Waals surface area contributed by atoms with Gasteiger partial charge in [0.25, 0.3) is 0 Å². The summed E-state index contributed by atoms with van der Waals surface area (Å²) in [5.74, 6) is -1.03. The third-order valence-corrected chi connectivity index (χ3v) is 8.77. The zero-order valence-corrected chi connectivity index (χ0v) is 36.7. The molecule has 0 aliphatic carbocycles. The Morgan fingerprint density at radius 1 is 0.396 bits per heavy atom. The number of esters is 6. The Balaban J connectivity index is 0. The van der Waals surface area contributed by atoms with E-state index in [9.17, 15) is 33.6 Å². The molecular formula is C31H52O14S8. The van der Waals surface area contributed by atoms with Gasteiger partial charge in [-0.15, -0.1) is 0 Å². The average molecular weight is 905 g/mol. The molecule has 0 heterocycles. The highest BCUT2D eigenvalue weighted by Crippen LogP contribution is 2.26. The minimum absolute atomic E-state index is 0.0108. The Morgan fingerprint density at radius 2 is 0.623 bits per heavy atom. The first kappa shape index (κ1) is 54.2. The number of thioether (sulfide) groups is 1. The normalized spacial score (nSPS) is 10.9. The lowest BCUT2D eigenvalue weighted by Gasteiger charge is -2.31. The lowest BCUT2D eigenvalue weighted by molar-refractivity contribution is -0.170. The van der Waals surface area contributed by atoms with Crippen LogP contribution in [0.3, 0.4) is 0 Å². The first-order chi connectivity index (χ1) is 25.2. The second-order valence-corrected chi connectivity index (χ2v) is 15.3. The molecule has 14 nitrogen and oxygen atoms in total. The van der Waals surface area contributed by atoms with E-state index in [-0.39, 0.29) is 108 Å². The SMILES string of the molecule is CCC(COC(=O)CCS)(COC(=O)CCS)COC(=O)SCS.O=C(CCS)OCC(COC(=O)CCS)(COC(=O)CCS)COC(=O)CCS. The molecule has 0 aliphatic rings. The molecule has 0 atom stereocenters. The number of carbonyl (C=O) groups excluding carboxylic acids is 7. The summed E-state index contributed by atoms with van der Waals surface area (Å²) >= 11 is 28.7. The lowest BCUT2D eigenvalue weighted by Crippen LogP contribution is -2.44. The fraction of sp³-hybridized carbons (Fsp3) is 0.774. The smallest absolute Gasteiger partial charge is 0.368 e. The molecule has 0 rings (SSSR count). The number of hydrogen-bond acceptors (Lipinski definition) is 22. The van der Waals surface area contributed by atoms with Crippen LogP contribution < -0.4 is 0 Å². The van der Waals surface area contributed by atoms with Crippen LogP contribution >= 0.6 is 100 Å². The summed E-state index contributed by atoms with van der Waals surface area (Å²) in [6.07, 6.45) is 1.12. The van der Waals surface area contributed by atoms with E-state index >= 15 is 0 Å². The van der Waals surface area contributed by atoms with Crippen molar-refractivity contribution in [2.45, 2.75) is 51.9 Å². The molecule has 0 aromatic carbocycles. The molecule has 0 aliphatic heterocycles. The zero-order chi connectivity index (χ0) is 40.5. The van der Waals surface area contributed by atoms with Gasteiger partial charge < -0.3 is 33.2 Å². The molecule has 0 saturated carbocycles. The summed E-state index contributed by atoms with van der Waals surface area (Å²) in [6, 6.07) is 0. The van der Waals surface area contributed by atoms with Gasteiger partial charge in [-0.2, -0.15) is 88.4 Å². The lowest BCUT2D eigenvalue weighted by atomic mass is 9.88. The standard InChI is InChI=1S/C17H28O8S4.C14H24O6S4/c18-13(1-5-26)22-9-17(10-23-14(19)2-6-27,11-24-15(20)3-7-28)12-25-16(21)4-8-29;1-2-14(7-18-11(15)3-5-21,8-19-12(16)4-6-22)9-20-13(17)24-10-23/h26-29H,1-12H2;21-23H,2-10H2,1H3. The van der Waals surface area contributed by atoms with Gasteiger partial charge in [0.05, 0.1) is 43.9 Å². The molecule has 0 bridgehead atoms. The number of carbonyl (C=O) groups is 7. The Kier molecular flexibility index (Phi) is 35.1. The monoisotopic (exact) mass is 904 g/mol. The number of ether oxygens (including phenoxy) is 7. The highest BCUT2D eigenvalue weighted by molar-refractivity contribution is 8.19. The van der Waals surface area contributed by atoms with Crippen molar-refractivity contribution < 1.29 is 66.7 Å². The molecule has 22 heteroatoms. The number of thiol groups is 7. The third kappa shape index (κ3) is 29.1. The molecule has 0 unspecified atom stereocenters. The predicted molar refractivity (Wildman–Crippen MR) is 225 cm³/mol. The van der Waals surface area contributed by atoms with Crippen LogP contribution in [-0.4, -0.2) is 127 Å². The summed E-state index contributed by atoms with van der Waals surface area (Å²) in [5.41, 5.74) is -2.04. The van der Waals surface area contributed by atoms with Crippen LogP contribution in [0.2, 0.25) is 0 Å². The molecule has 308 valence electrons. The third-order valence-electron chi connectivity index (χ3n) is 6.56. The van der Waals surface area contributed by atoms with Gasteiger partial charge in [0.15, 0.2) is 0 Å². The molecule has 0 radical (unpaired) electrons. The minimum atomic E-state index is -1.25. The van der Waals surface area contributed by atoms with Crippen molar-refractivity contribution in [3.63, 3.8) is 0 Å². The summed E-state index contributed by atoms with van der Waals surface area (Å²) in [6.45, 7) is 0.675. The van der Waals surface area contributed by atoms with E-state index in [1.165, 1.54) is 0 Å². The first-order valence-electron chi connectivity index (χ1n) is 16.2. The summed E-state index contributed by atoms with van der Waals surface area (Å²) in [4.78, 5) is 81.8. The fourth-order valence-corrected chi connectivity index (χ4v) is 5.03. The highest BCUT2D eigenvalue weighted by Gasteiger charge is 2.38. The molecule has 53 heavy (non-hydrogen) atoms. The second kappa shape index (κ2) is 34.3. The van der Waals surface area contributed by atoms with Crippen molar-refractivity contribution in [2.75, 3.05) is 85.9 Å². The van der Waals surface area contributed by atoms with Gasteiger partial charge >= 0.3 is 41.1 Å². The topological polar surface area (TPSA) is 184 Å². The first-order valence-corrected chi connectivity index (χ1v) is 21.7. The number of hydrogen-bond donors (Lipinski definition) is 7. The zero-order valence-electron chi connectivity index (χ0n) is 29.6. The van der Waals surface area contributed by atoms with Gasteiger partial charge in [-0.05, 0) is 18.2 Å². The molecular weight excluding hydrogens is 853 g/mol. The molecule has 0 spiro atoms. The van der Waals surface area contributed by atoms with Gasteiger partial charge in [-0.25, -0.2) is 4.79 Å². The summed E-state index contributed by atoms with van der Waals surface area (Å²) in [7, 11) is 0. The maximum Gasteiger partial charge on any atom is 0.368 e. The average Bonchev–Trinajstić information content (AvgIpc) is 3.12. The van der Waals surface area contributed by atoms with Crippen LogP contribution in [0, 0.1) is 10.8 Å². The van der Waals surface area contributed by atoms with Crippen molar-refractivity contribution in [1.82, 2.24) is 0 Å². The van der Waals surface area contributed by atoms with Crippen LogP contribution in [-0.2, 0) is 61.9 Å². The number of rotatable bonds is 28. The van der Waals surface area contributed by atoms with Crippen LogP contribution in [0.5, 0.6) is 0 Å². The predicted octanol–water partition coefficient (Wildman–Crippen LogP) is 4.29. The largest absolute Gasteiger partial charge is 0.465 e. The molecule has 0 N–H and O–H groups in total. The van der Waals surface area contributed by atoms with Gasteiger partial charge in [0.2, 0.25) is 0 Å². The molecule has 0 amide bonds. The Morgan fingerprint density at radius 3 is 0.830 bits per heavy atom. The van der Waals surface area contributed by atoms with Crippen molar-refractivity contribution in [3.05, 3.63) is 0 Å². The van der Waals surface area contributed by atoms with E-state index in [4.69, 9.17) is 33.2 Å². The Labute approximate surface area is 354 Å². The van der Waals surface area contributed by atoms with Crippen molar-refractivity contribution >= 4 is 141 Å². The molecule has 0 aromatic rings. The van der Waals surface area contributed by atoms with Crippen molar-refractivity contribution in [1.29, 1.82) is 0 Å². The molecule has 0 fully saturated rings. The van der Waals surface area contributed by atoms with E-state index < -0.39 is 51.9 Å². The Hall–Kier alpha value is -0.910. The summed E-state index contributed by atoms with van der Waals surface area (Å²) < 4.78 is 36.5. The van der Waals surface area contributed by atoms with Gasteiger partial charge in [-0.3, -0.25) is 28.8 Å². The van der Waals surface area contributed by atoms with Crippen LogP contribution in [0.1, 0.15) is 51.9 Å². The van der Waals surface area contributed by atoms with E-state index in [0.717, 1.165) is 11.8 Å². The van der Waals surface area contributed by atoms with Crippen molar-refractivity contribution in [3.8, 4) is 0 Å². The minimum Gasteiger partial charge on any atom is -0.465 e. The second-order valence-electron chi connectivity index (χ2n) is 11.0. The Bertz CT molecular complexity index is 950.